The second-order valence-corrected chi connectivity index (χ2v) is 6.31. The van der Waals surface area contributed by atoms with Crippen LogP contribution in [0.4, 0.5) is 0 Å². The first kappa shape index (κ1) is 17.5. The van der Waals surface area contributed by atoms with Crippen LogP contribution in [0.1, 0.15) is 57.7 Å². The monoisotopic (exact) mass is 312 g/mol. The lowest BCUT2D eigenvalue weighted by Crippen LogP contribution is -2.41. The summed E-state index contributed by atoms with van der Waals surface area (Å²) >= 11 is 0. The van der Waals surface area contributed by atoms with E-state index in [1.165, 1.54) is 16.7 Å². The molecule has 1 fully saturated rings. The quantitative estimate of drug-likeness (QED) is 0.807. The molecule has 0 spiro atoms. The first-order valence-electron chi connectivity index (χ1n) is 8.47. The second-order valence-electron chi connectivity index (χ2n) is 6.31. The van der Waals surface area contributed by atoms with Gasteiger partial charge in [-0.3, -0.25) is 4.79 Å². The Bertz CT molecular complexity index is 593. The SMILES string of the molecule is C/C=C\C(C)=C(/C)c1ccc(C(C)NC(=O)C2CCCN2)cc1. The van der Waals surface area contributed by atoms with Gasteiger partial charge in [0.2, 0.25) is 5.91 Å². The van der Waals surface area contributed by atoms with E-state index < -0.39 is 0 Å². The molecule has 23 heavy (non-hydrogen) atoms. The summed E-state index contributed by atoms with van der Waals surface area (Å²) in [7, 11) is 0. The zero-order valence-electron chi connectivity index (χ0n) is 14.6. The highest BCUT2D eigenvalue weighted by Crippen LogP contribution is 2.22. The Morgan fingerprint density at radius 1 is 1.30 bits per heavy atom. The van der Waals surface area contributed by atoms with Crippen LogP contribution in [0.15, 0.2) is 42.0 Å². The Hall–Kier alpha value is -1.87. The lowest BCUT2D eigenvalue weighted by Gasteiger charge is -2.18. The van der Waals surface area contributed by atoms with E-state index in [0.717, 1.165) is 24.9 Å². The van der Waals surface area contributed by atoms with Gasteiger partial charge >= 0.3 is 0 Å². The molecule has 1 aromatic rings. The van der Waals surface area contributed by atoms with Crippen molar-refractivity contribution in [3.63, 3.8) is 0 Å². The van der Waals surface area contributed by atoms with Crippen LogP contribution < -0.4 is 10.6 Å². The molecule has 1 amide bonds. The summed E-state index contributed by atoms with van der Waals surface area (Å²) in [6.45, 7) is 9.28. The molecule has 3 nitrogen and oxygen atoms in total. The molecule has 2 unspecified atom stereocenters. The Morgan fingerprint density at radius 3 is 2.57 bits per heavy atom. The molecular weight excluding hydrogens is 284 g/mol. The highest BCUT2D eigenvalue weighted by atomic mass is 16.2. The summed E-state index contributed by atoms with van der Waals surface area (Å²) in [5, 5.41) is 6.34. The first-order chi connectivity index (χ1) is 11.0. The standard InChI is InChI=1S/C20H28N2O/c1-5-7-14(2)15(3)17-9-11-18(12-10-17)16(4)22-20(23)19-8-6-13-21-19/h5,7,9-12,16,19,21H,6,8,13H2,1-4H3,(H,22,23)/b7-5-,15-14+. The van der Waals surface area contributed by atoms with E-state index in [0.29, 0.717) is 0 Å². The number of benzene rings is 1. The molecule has 2 rings (SSSR count). The van der Waals surface area contributed by atoms with Crippen molar-refractivity contribution >= 4 is 11.5 Å². The summed E-state index contributed by atoms with van der Waals surface area (Å²) in [4.78, 5) is 12.2. The van der Waals surface area contributed by atoms with Gasteiger partial charge in [0.15, 0.2) is 0 Å². The molecule has 0 bridgehead atoms. The number of nitrogens with one attached hydrogen (secondary N) is 2. The summed E-state index contributed by atoms with van der Waals surface area (Å²) in [6.07, 6.45) is 6.20. The smallest absolute Gasteiger partial charge is 0.237 e. The molecule has 2 N–H and O–H groups in total. The number of carbonyl (C=O) groups is 1. The lowest BCUT2D eigenvalue weighted by atomic mass is 9.99. The van der Waals surface area contributed by atoms with Crippen LogP contribution in [0.25, 0.3) is 5.57 Å². The minimum Gasteiger partial charge on any atom is -0.348 e. The molecule has 1 saturated heterocycles. The topological polar surface area (TPSA) is 41.1 Å². The van der Waals surface area contributed by atoms with Crippen LogP contribution in [0.3, 0.4) is 0 Å². The Labute approximate surface area is 139 Å². The highest BCUT2D eigenvalue weighted by Gasteiger charge is 2.23. The van der Waals surface area contributed by atoms with Crippen molar-refractivity contribution < 1.29 is 4.79 Å². The van der Waals surface area contributed by atoms with Gasteiger partial charge in [0.25, 0.3) is 0 Å². The number of amides is 1. The normalized spacial score (nSPS) is 20.4. The molecular formula is C20H28N2O. The average molecular weight is 312 g/mol. The Morgan fingerprint density at radius 2 is 2.00 bits per heavy atom. The van der Waals surface area contributed by atoms with E-state index in [-0.39, 0.29) is 18.0 Å². The fourth-order valence-corrected chi connectivity index (χ4v) is 2.93. The van der Waals surface area contributed by atoms with Crippen molar-refractivity contribution in [3.8, 4) is 0 Å². The van der Waals surface area contributed by atoms with Crippen LogP contribution >= 0.6 is 0 Å². The van der Waals surface area contributed by atoms with Gasteiger partial charge in [-0.25, -0.2) is 0 Å². The third kappa shape index (κ3) is 4.55. The molecule has 3 heteroatoms. The maximum Gasteiger partial charge on any atom is 0.237 e. The van der Waals surface area contributed by atoms with Crippen LogP contribution in [0.2, 0.25) is 0 Å². The van der Waals surface area contributed by atoms with E-state index in [1.54, 1.807) is 0 Å². The van der Waals surface area contributed by atoms with Gasteiger partial charge in [-0.15, -0.1) is 0 Å². The predicted octanol–water partition coefficient (Wildman–Crippen LogP) is 3.99. The zero-order chi connectivity index (χ0) is 16.8. The second kappa shape index (κ2) is 8.11. The fraction of sp³-hybridized carbons (Fsp3) is 0.450. The molecule has 2 atom stereocenters. The van der Waals surface area contributed by atoms with Gasteiger partial charge in [0.1, 0.15) is 0 Å². The molecule has 1 aliphatic heterocycles. The van der Waals surface area contributed by atoms with Gasteiger partial charge < -0.3 is 10.6 Å². The molecule has 0 radical (unpaired) electrons. The number of allylic oxidation sites excluding steroid dienone is 4. The molecule has 124 valence electrons. The Kier molecular flexibility index (Phi) is 6.17. The Balaban J connectivity index is 2.03. The minimum absolute atomic E-state index is 0.0228. The van der Waals surface area contributed by atoms with Crippen LogP contribution in [0, 0.1) is 0 Å². The summed E-state index contributed by atoms with van der Waals surface area (Å²) in [5.74, 6) is 0.110. The van der Waals surface area contributed by atoms with E-state index >= 15 is 0 Å². The predicted molar refractivity (Wildman–Crippen MR) is 97.1 cm³/mol. The van der Waals surface area contributed by atoms with Crippen LogP contribution in [-0.4, -0.2) is 18.5 Å². The third-order valence-electron chi connectivity index (χ3n) is 4.59. The first-order valence-corrected chi connectivity index (χ1v) is 8.47. The molecule has 0 aliphatic carbocycles. The number of rotatable bonds is 5. The van der Waals surface area contributed by atoms with Gasteiger partial charge in [-0.05, 0) is 69.4 Å². The van der Waals surface area contributed by atoms with Crippen LogP contribution in [-0.2, 0) is 4.79 Å². The summed E-state index contributed by atoms with van der Waals surface area (Å²) in [6, 6.07) is 8.48. The van der Waals surface area contributed by atoms with E-state index in [2.05, 4.69) is 60.9 Å². The maximum absolute atomic E-state index is 12.2. The zero-order valence-corrected chi connectivity index (χ0v) is 14.6. The summed E-state index contributed by atoms with van der Waals surface area (Å²) < 4.78 is 0. The highest BCUT2D eigenvalue weighted by molar-refractivity contribution is 5.82. The molecule has 1 aliphatic rings. The lowest BCUT2D eigenvalue weighted by molar-refractivity contribution is -0.123. The number of hydrogen-bond donors (Lipinski definition) is 2. The van der Waals surface area contributed by atoms with Crippen LogP contribution in [0.5, 0.6) is 0 Å². The van der Waals surface area contributed by atoms with E-state index in [4.69, 9.17) is 0 Å². The van der Waals surface area contributed by atoms with Crippen molar-refractivity contribution in [2.45, 2.75) is 52.6 Å². The summed E-state index contributed by atoms with van der Waals surface area (Å²) in [5.41, 5.74) is 4.91. The van der Waals surface area contributed by atoms with Crippen molar-refractivity contribution in [1.29, 1.82) is 0 Å². The van der Waals surface area contributed by atoms with Gasteiger partial charge in [0, 0.05) is 0 Å². The van der Waals surface area contributed by atoms with Crippen molar-refractivity contribution in [1.82, 2.24) is 10.6 Å². The number of carbonyl (C=O) groups excluding carboxylic acids is 1. The van der Waals surface area contributed by atoms with Gasteiger partial charge in [-0.1, -0.05) is 36.4 Å². The largest absolute Gasteiger partial charge is 0.348 e. The fourth-order valence-electron chi connectivity index (χ4n) is 2.93. The minimum atomic E-state index is -0.0228. The molecule has 1 heterocycles. The van der Waals surface area contributed by atoms with E-state index in [9.17, 15) is 4.79 Å². The van der Waals surface area contributed by atoms with Crippen molar-refractivity contribution in [2.75, 3.05) is 6.54 Å². The van der Waals surface area contributed by atoms with Gasteiger partial charge in [-0.2, -0.15) is 0 Å². The van der Waals surface area contributed by atoms with Gasteiger partial charge in [0.05, 0.1) is 12.1 Å². The molecule has 0 aromatic heterocycles. The molecule has 0 saturated carbocycles. The van der Waals surface area contributed by atoms with Crippen molar-refractivity contribution in [2.24, 2.45) is 0 Å². The van der Waals surface area contributed by atoms with Crippen molar-refractivity contribution in [3.05, 3.63) is 53.1 Å². The maximum atomic E-state index is 12.2. The van der Waals surface area contributed by atoms with E-state index in [1.807, 2.05) is 13.8 Å². The number of hydrogen-bond acceptors (Lipinski definition) is 2. The third-order valence-corrected chi connectivity index (χ3v) is 4.59. The average Bonchev–Trinajstić information content (AvgIpc) is 3.09. The molecule has 1 aromatic carbocycles.